The lowest BCUT2D eigenvalue weighted by atomic mass is 9.54. The standard InChI is InChI=1S/C30H37NO6/c1-17-10-9-13-22-26(33)19(3)18(2)25-23(16-21-11-7-6-8-12-21)31-28(35)30(22,25)24(37-20(4)32)14-15-29(5,36)27(17)34/h6-9,11-15,17,22-26,33,36H,10,16H2,1-5H3,(H,31,35)/b13-9?,15-14-/t17-,22-,23-,24+,25?,26+,29+,30+/m0/s1. The lowest BCUT2D eigenvalue weighted by molar-refractivity contribution is -0.161. The Bertz CT molecular complexity index is 1170. The molecule has 1 amide bonds. The zero-order valence-electron chi connectivity index (χ0n) is 22.1. The molecular weight excluding hydrogens is 470 g/mol. The van der Waals surface area contributed by atoms with Crippen molar-refractivity contribution in [3.05, 3.63) is 71.3 Å². The number of ketones is 1. The summed E-state index contributed by atoms with van der Waals surface area (Å²) in [6.07, 6.45) is 5.17. The highest BCUT2D eigenvalue weighted by Gasteiger charge is 2.67. The van der Waals surface area contributed by atoms with Crippen molar-refractivity contribution in [3.8, 4) is 0 Å². The molecule has 1 aliphatic heterocycles. The van der Waals surface area contributed by atoms with E-state index >= 15 is 0 Å². The van der Waals surface area contributed by atoms with Gasteiger partial charge in [0.15, 0.2) is 5.78 Å². The van der Waals surface area contributed by atoms with Gasteiger partial charge in [-0.1, -0.05) is 55.0 Å². The van der Waals surface area contributed by atoms with Crippen molar-refractivity contribution < 1.29 is 29.3 Å². The van der Waals surface area contributed by atoms with Crippen molar-refractivity contribution in [1.82, 2.24) is 5.32 Å². The van der Waals surface area contributed by atoms with Crippen LogP contribution in [0.2, 0.25) is 0 Å². The molecule has 2 aliphatic carbocycles. The van der Waals surface area contributed by atoms with Gasteiger partial charge in [-0.15, -0.1) is 0 Å². The minimum atomic E-state index is -1.82. The lowest BCUT2D eigenvalue weighted by Gasteiger charge is -2.49. The predicted molar refractivity (Wildman–Crippen MR) is 139 cm³/mol. The Labute approximate surface area is 218 Å². The second-order valence-electron chi connectivity index (χ2n) is 11.0. The first-order chi connectivity index (χ1) is 17.4. The molecule has 1 heterocycles. The van der Waals surface area contributed by atoms with Crippen LogP contribution in [-0.4, -0.2) is 51.7 Å². The number of aliphatic hydroxyl groups excluding tert-OH is 1. The maximum Gasteiger partial charge on any atom is 0.303 e. The van der Waals surface area contributed by atoms with E-state index in [2.05, 4.69) is 5.32 Å². The number of Topliss-reactive ketones (excluding diaryl/α,β-unsaturated/α-hetero) is 1. The van der Waals surface area contributed by atoms with Gasteiger partial charge in [0, 0.05) is 30.7 Å². The largest absolute Gasteiger partial charge is 0.457 e. The highest BCUT2D eigenvalue weighted by Crippen LogP contribution is 2.57. The minimum absolute atomic E-state index is 0.314. The summed E-state index contributed by atoms with van der Waals surface area (Å²) in [7, 11) is 0. The number of esters is 1. The van der Waals surface area contributed by atoms with Crippen LogP contribution in [0.4, 0.5) is 0 Å². The number of amides is 1. The topological polar surface area (TPSA) is 113 Å². The normalized spacial score (nSPS) is 38.8. The minimum Gasteiger partial charge on any atom is -0.457 e. The summed E-state index contributed by atoms with van der Waals surface area (Å²) in [4.78, 5) is 39.5. The molecule has 37 heavy (non-hydrogen) atoms. The molecule has 3 N–H and O–H groups in total. The predicted octanol–water partition coefficient (Wildman–Crippen LogP) is 3.06. The van der Waals surface area contributed by atoms with E-state index in [1.54, 1.807) is 19.1 Å². The van der Waals surface area contributed by atoms with Gasteiger partial charge in [0.05, 0.1) is 6.10 Å². The molecule has 3 aliphatic rings. The van der Waals surface area contributed by atoms with Gasteiger partial charge < -0.3 is 20.3 Å². The molecule has 0 saturated carbocycles. The first-order valence-corrected chi connectivity index (χ1v) is 12.9. The van der Waals surface area contributed by atoms with Crippen molar-refractivity contribution in [2.75, 3.05) is 0 Å². The van der Waals surface area contributed by atoms with Gasteiger partial charge in [0.1, 0.15) is 17.1 Å². The SMILES string of the molecule is CC(=O)O[C@@H]1/C=C\[C@@](C)(O)C(=O)[C@@H](C)CC=C[C@H]2[C@H](O)C(C)=C(C)C3[C@H](Cc4ccccc4)NC(=O)[C@@]312. The number of rotatable bonds is 3. The Balaban J connectivity index is 1.96. The maximum absolute atomic E-state index is 14.2. The lowest BCUT2D eigenvalue weighted by Crippen LogP contribution is -2.58. The molecule has 0 bridgehead atoms. The van der Waals surface area contributed by atoms with Crippen LogP contribution in [0, 0.1) is 23.2 Å². The molecule has 0 aromatic heterocycles. The van der Waals surface area contributed by atoms with Gasteiger partial charge in [-0.2, -0.15) is 0 Å². The van der Waals surface area contributed by atoms with Crippen LogP contribution in [0.3, 0.4) is 0 Å². The molecule has 1 unspecified atom stereocenters. The Kier molecular flexibility index (Phi) is 7.32. The zero-order chi connectivity index (χ0) is 27.1. The third-order valence-corrected chi connectivity index (χ3v) is 8.49. The Morgan fingerprint density at radius 2 is 1.81 bits per heavy atom. The van der Waals surface area contributed by atoms with Crippen LogP contribution in [0.5, 0.6) is 0 Å². The van der Waals surface area contributed by atoms with E-state index in [4.69, 9.17) is 4.74 Å². The van der Waals surface area contributed by atoms with Gasteiger partial charge in [-0.25, -0.2) is 0 Å². The number of carbonyl (C=O) groups excluding carboxylic acids is 3. The molecule has 198 valence electrons. The molecule has 0 radical (unpaired) electrons. The number of hydrogen-bond acceptors (Lipinski definition) is 6. The molecule has 7 heteroatoms. The van der Waals surface area contributed by atoms with Crippen LogP contribution < -0.4 is 5.32 Å². The Morgan fingerprint density at radius 3 is 2.46 bits per heavy atom. The molecule has 1 aromatic carbocycles. The summed E-state index contributed by atoms with van der Waals surface area (Å²) in [6.45, 7) is 8.20. The van der Waals surface area contributed by atoms with Crippen LogP contribution in [0.25, 0.3) is 0 Å². The van der Waals surface area contributed by atoms with Crippen LogP contribution in [-0.2, 0) is 25.5 Å². The van der Waals surface area contributed by atoms with Gasteiger partial charge in [0.25, 0.3) is 0 Å². The van der Waals surface area contributed by atoms with E-state index in [0.717, 1.165) is 16.7 Å². The van der Waals surface area contributed by atoms with E-state index < -0.39 is 46.9 Å². The highest BCUT2D eigenvalue weighted by molar-refractivity contribution is 5.91. The summed E-state index contributed by atoms with van der Waals surface area (Å²) in [5, 5.41) is 25.7. The van der Waals surface area contributed by atoms with Gasteiger partial charge in [-0.05, 0) is 56.9 Å². The molecule has 8 atom stereocenters. The quantitative estimate of drug-likeness (QED) is 0.428. The van der Waals surface area contributed by atoms with E-state index in [9.17, 15) is 24.6 Å². The Hall–Kier alpha value is -3.03. The molecule has 1 saturated heterocycles. The summed E-state index contributed by atoms with van der Waals surface area (Å²) < 4.78 is 5.82. The fraction of sp³-hybridized carbons (Fsp3) is 0.500. The second kappa shape index (κ2) is 10.0. The third-order valence-electron chi connectivity index (χ3n) is 8.49. The molecule has 1 spiro atoms. The summed E-state index contributed by atoms with van der Waals surface area (Å²) >= 11 is 0. The highest BCUT2D eigenvalue weighted by atomic mass is 16.5. The number of nitrogens with one attached hydrogen (secondary N) is 1. The van der Waals surface area contributed by atoms with Crippen molar-refractivity contribution in [2.24, 2.45) is 23.2 Å². The van der Waals surface area contributed by atoms with Crippen LogP contribution in [0.15, 0.2) is 65.8 Å². The van der Waals surface area contributed by atoms with Crippen molar-refractivity contribution in [1.29, 1.82) is 0 Å². The first kappa shape index (κ1) is 27.0. The van der Waals surface area contributed by atoms with E-state index in [0.29, 0.717) is 12.8 Å². The van der Waals surface area contributed by atoms with Gasteiger partial charge in [-0.3, -0.25) is 14.4 Å². The van der Waals surface area contributed by atoms with Gasteiger partial charge >= 0.3 is 5.97 Å². The number of carbonyl (C=O) groups is 3. The smallest absolute Gasteiger partial charge is 0.303 e. The van der Waals surface area contributed by atoms with Crippen molar-refractivity contribution in [2.45, 2.75) is 71.3 Å². The number of ether oxygens (including phenoxy) is 1. The number of benzene rings is 1. The summed E-state index contributed by atoms with van der Waals surface area (Å²) in [5.41, 5.74) is -0.500. The molecule has 1 aromatic rings. The first-order valence-electron chi connectivity index (χ1n) is 12.9. The van der Waals surface area contributed by atoms with E-state index in [1.807, 2.05) is 44.2 Å². The summed E-state index contributed by atoms with van der Waals surface area (Å²) in [6, 6.07) is 9.52. The second-order valence-corrected chi connectivity index (χ2v) is 11.0. The maximum atomic E-state index is 14.2. The molecule has 7 nitrogen and oxygen atoms in total. The number of hydrogen-bond donors (Lipinski definition) is 3. The molecule has 1 fully saturated rings. The molecular formula is C30H37NO6. The summed E-state index contributed by atoms with van der Waals surface area (Å²) in [5.74, 6) is -2.92. The third kappa shape index (κ3) is 4.59. The van der Waals surface area contributed by atoms with Gasteiger partial charge in [0.2, 0.25) is 5.91 Å². The fourth-order valence-electron chi connectivity index (χ4n) is 6.54. The average molecular weight is 508 g/mol. The van der Waals surface area contributed by atoms with E-state index in [1.165, 1.54) is 26.0 Å². The average Bonchev–Trinajstić information content (AvgIpc) is 3.13. The Morgan fingerprint density at radius 1 is 1.14 bits per heavy atom. The number of allylic oxidation sites excluding steroid dienone is 1. The van der Waals surface area contributed by atoms with E-state index in [-0.39, 0.29) is 17.7 Å². The van der Waals surface area contributed by atoms with Crippen molar-refractivity contribution >= 4 is 17.7 Å². The number of aliphatic hydroxyl groups is 2. The molecule has 4 rings (SSSR count). The van der Waals surface area contributed by atoms with Crippen molar-refractivity contribution in [3.63, 3.8) is 0 Å². The van der Waals surface area contributed by atoms with Crippen LogP contribution in [0.1, 0.15) is 46.6 Å². The van der Waals surface area contributed by atoms with Crippen LogP contribution >= 0.6 is 0 Å². The zero-order valence-corrected chi connectivity index (χ0v) is 22.1. The fourth-order valence-corrected chi connectivity index (χ4v) is 6.54. The monoisotopic (exact) mass is 507 g/mol.